The Hall–Kier alpha value is -3.18. The van der Waals surface area contributed by atoms with Gasteiger partial charge < -0.3 is 14.7 Å². The molecule has 1 aliphatic rings. The Labute approximate surface area is 183 Å². The van der Waals surface area contributed by atoms with Crippen molar-refractivity contribution in [3.05, 3.63) is 89.2 Å². The van der Waals surface area contributed by atoms with Crippen LogP contribution in [0.1, 0.15) is 59.3 Å². The van der Waals surface area contributed by atoms with Crippen LogP contribution in [-0.4, -0.2) is 34.0 Å². The Morgan fingerprint density at radius 1 is 1.16 bits per heavy atom. The third kappa shape index (κ3) is 4.62. The Kier molecular flexibility index (Phi) is 6.33. The molecule has 1 fully saturated rings. The molecule has 0 bridgehead atoms. The molecule has 4 rings (SSSR count). The summed E-state index contributed by atoms with van der Waals surface area (Å²) in [6.07, 6.45) is 2.50. The summed E-state index contributed by atoms with van der Waals surface area (Å²) in [5, 5.41) is 10.0. The lowest BCUT2D eigenvalue weighted by Gasteiger charge is -2.19. The predicted molar refractivity (Wildman–Crippen MR) is 120 cm³/mol. The maximum Gasteiger partial charge on any atom is 0.272 e. The Morgan fingerprint density at radius 2 is 1.97 bits per heavy atom. The van der Waals surface area contributed by atoms with E-state index in [2.05, 4.69) is 24.9 Å². The minimum Gasteiger partial charge on any atom is -0.457 e. The van der Waals surface area contributed by atoms with E-state index in [1.165, 1.54) is 0 Å². The number of para-hydroxylation sites is 1. The topological polar surface area (TPSA) is 62.7 Å². The van der Waals surface area contributed by atoms with Crippen LogP contribution in [0.3, 0.4) is 0 Å². The molecule has 0 aliphatic carbocycles. The molecule has 1 N–H and O–H groups in total. The summed E-state index contributed by atoms with van der Waals surface area (Å²) in [5.74, 6) is 2.04. The fourth-order valence-electron chi connectivity index (χ4n) is 4.21. The van der Waals surface area contributed by atoms with Gasteiger partial charge in [0.1, 0.15) is 17.2 Å². The first kappa shape index (κ1) is 21.1. The van der Waals surface area contributed by atoms with Crippen molar-refractivity contribution in [1.82, 2.24) is 9.88 Å². The molecular weight excluding hydrogens is 388 g/mol. The first-order valence-corrected chi connectivity index (χ1v) is 10.8. The average Bonchev–Trinajstić information content (AvgIpc) is 3.29. The molecule has 1 aromatic heterocycles. The first-order chi connectivity index (χ1) is 15.1. The molecule has 160 valence electrons. The summed E-state index contributed by atoms with van der Waals surface area (Å²) in [6, 6.07) is 19.3. The normalized spacial score (nSPS) is 16.0. The minimum atomic E-state index is -0.0664. The van der Waals surface area contributed by atoms with Crippen LogP contribution in [0.25, 0.3) is 0 Å². The van der Waals surface area contributed by atoms with Crippen LogP contribution in [0.4, 0.5) is 0 Å². The average molecular weight is 417 g/mol. The lowest BCUT2D eigenvalue weighted by atomic mass is 9.93. The lowest BCUT2D eigenvalue weighted by molar-refractivity contribution is 0.0785. The first-order valence-electron chi connectivity index (χ1n) is 10.8. The van der Waals surface area contributed by atoms with Crippen molar-refractivity contribution in [2.75, 3.05) is 13.1 Å². The molecule has 1 atom stereocenters. The number of hydrogen-bond acceptors (Lipinski definition) is 4. The van der Waals surface area contributed by atoms with Gasteiger partial charge in [-0.1, -0.05) is 44.2 Å². The number of aliphatic hydroxyl groups excluding tert-OH is 1. The molecule has 31 heavy (non-hydrogen) atoms. The van der Waals surface area contributed by atoms with Crippen LogP contribution in [-0.2, 0) is 6.61 Å². The number of carbonyl (C=O) groups excluding carboxylic acids is 1. The second kappa shape index (κ2) is 9.31. The highest BCUT2D eigenvalue weighted by Crippen LogP contribution is 2.35. The third-order valence-electron chi connectivity index (χ3n) is 5.85. The molecule has 1 saturated heterocycles. The summed E-state index contributed by atoms with van der Waals surface area (Å²) >= 11 is 0. The van der Waals surface area contributed by atoms with E-state index in [1.807, 2.05) is 47.4 Å². The van der Waals surface area contributed by atoms with Crippen molar-refractivity contribution in [2.45, 2.75) is 38.7 Å². The Morgan fingerprint density at radius 3 is 2.71 bits per heavy atom. The molecule has 0 radical (unpaired) electrons. The molecule has 0 saturated carbocycles. The van der Waals surface area contributed by atoms with Gasteiger partial charge in [-0.25, -0.2) is 0 Å². The predicted octanol–water partition coefficient (Wildman–Crippen LogP) is 5.12. The van der Waals surface area contributed by atoms with Gasteiger partial charge in [-0.3, -0.25) is 9.78 Å². The van der Waals surface area contributed by atoms with Crippen molar-refractivity contribution >= 4 is 5.91 Å². The summed E-state index contributed by atoms with van der Waals surface area (Å²) in [6.45, 7) is 5.53. The Bertz CT molecular complexity index is 1050. The molecule has 1 amide bonds. The van der Waals surface area contributed by atoms with Crippen LogP contribution in [0, 0.1) is 0 Å². The van der Waals surface area contributed by atoms with Gasteiger partial charge in [0.2, 0.25) is 0 Å². The number of carbonyl (C=O) groups is 1. The molecule has 5 heteroatoms. The van der Waals surface area contributed by atoms with E-state index in [9.17, 15) is 9.90 Å². The molecule has 1 aliphatic heterocycles. The summed E-state index contributed by atoms with van der Waals surface area (Å²) in [4.78, 5) is 18.7. The van der Waals surface area contributed by atoms with E-state index in [0.29, 0.717) is 30.5 Å². The van der Waals surface area contributed by atoms with Crippen molar-refractivity contribution in [3.63, 3.8) is 0 Å². The molecule has 3 aromatic rings. The zero-order valence-electron chi connectivity index (χ0n) is 18.0. The second-order valence-electron chi connectivity index (χ2n) is 8.27. The number of pyridine rings is 1. The van der Waals surface area contributed by atoms with Crippen LogP contribution >= 0.6 is 0 Å². The van der Waals surface area contributed by atoms with Crippen molar-refractivity contribution in [3.8, 4) is 11.5 Å². The van der Waals surface area contributed by atoms with Crippen molar-refractivity contribution in [2.24, 2.45) is 0 Å². The lowest BCUT2D eigenvalue weighted by Crippen LogP contribution is -2.29. The van der Waals surface area contributed by atoms with Gasteiger partial charge in [-0.05, 0) is 59.4 Å². The molecule has 1 unspecified atom stereocenters. The van der Waals surface area contributed by atoms with E-state index in [1.54, 1.807) is 18.3 Å². The highest BCUT2D eigenvalue weighted by atomic mass is 16.5. The van der Waals surface area contributed by atoms with E-state index >= 15 is 0 Å². The van der Waals surface area contributed by atoms with Gasteiger partial charge in [0.25, 0.3) is 5.91 Å². The van der Waals surface area contributed by atoms with E-state index in [-0.39, 0.29) is 18.4 Å². The fourth-order valence-corrected chi connectivity index (χ4v) is 4.21. The number of rotatable bonds is 6. The minimum absolute atomic E-state index is 0.0427. The smallest absolute Gasteiger partial charge is 0.272 e. The van der Waals surface area contributed by atoms with Crippen molar-refractivity contribution < 1.29 is 14.6 Å². The molecule has 0 spiro atoms. The Balaban J connectivity index is 1.51. The molecule has 2 heterocycles. The van der Waals surface area contributed by atoms with Crippen LogP contribution in [0.2, 0.25) is 0 Å². The van der Waals surface area contributed by atoms with E-state index in [0.717, 1.165) is 28.9 Å². The molecule has 5 nitrogen and oxygen atoms in total. The number of hydrogen-bond donors (Lipinski definition) is 1. The van der Waals surface area contributed by atoms with Gasteiger partial charge in [0.15, 0.2) is 0 Å². The number of ether oxygens (including phenoxy) is 1. The highest BCUT2D eigenvalue weighted by molar-refractivity contribution is 5.92. The zero-order chi connectivity index (χ0) is 21.8. The number of nitrogens with zero attached hydrogens (tertiary/aromatic N) is 2. The number of amides is 1. The van der Waals surface area contributed by atoms with Crippen LogP contribution in [0.5, 0.6) is 11.5 Å². The SMILES string of the molecule is CC(C)c1ccccc1Oc1ccc(C2CCN(C(=O)c3ccccn3)C2)c(CO)c1. The van der Waals surface area contributed by atoms with E-state index in [4.69, 9.17) is 4.74 Å². The largest absolute Gasteiger partial charge is 0.457 e. The summed E-state index contributed by atoms with van der Waals surface area (Å²) in [5.41, 5.74) is 3.54. The molecule has 2 aromatic carbocycles. The maximum atomic E-state index is 12.7. The van der Waals surface area contributed by atoms with E-state index < -0.39 is 0 Å². The summed E-state index contributed by atoms with van der Waals surface area (Å²) < 4.78 is 6.16. The fraction of sp³-hybridized carbons (Fsp3) is 0.308. The van der Waals surface area contributed by atoms with Crippen LogP contribution < -0.4 is 4.74 Å². The number of likely N-dealkylation sites (tertiary alicyclic amines) is 1. The number of aliphatic hydroxyl groups is 1. The maximum absolute atomic E-state index is 12.7. The number of benzene rings is 2. The quantitative estimate of drug-likeness (QED) is 0.606. The monoisotopic (exact) mass is 416 g/mol. The number of aromatic nitrogens is 1. The van der Waals surface area contributed by atoms with Gasteiger partial charge in [0, 0.05) is 25.2 Å². The van der Waals surface area contributed by atoms with Gasteiger partial charge in [0.05, 0.1) is 6.61 Å². The van der Waals surface area contributed by atoms with Gasteiger partial charge in [-0.15, -0.1) is 0 Å². The second-order valence-corrected chi connectivity index (χ2v) is 8.27. The van der Waals surface area contributed by atoms with Gasteiger partial charge in [-0.2, -0.15) is 0 Å². The van der Waals surface area contributed by atoms with Crippen LogP contribution in [0.15, 0.2) is 66.9 Å². The summed E-state index contributed by atoms with van der Waals surface area (Å²) in [7, 11) is 0. The highest BCUT2D eigenvalue weighted by Gasteiger charge is 2.29. The zero-order valence-corrected chi connectivity index (χ0v) is 18.0. The standard InChI is InChI=1S/C26H28N2O3/c1-18(2)22-7-3-4-9-25(22)31-21-10-11-23(20(15-21)17-29)19-12-14-28(16-19)26(30)24-8-5-6-13-27-24/h3-11,13,15,18-19,29H,12,14,16-17H2,1-2H3. The molecular formula is C26H28N2O3. The third-order valence-corrected chi connectivity index (χ3v) is 5.85. The van der Waals surface area contributed by atoms with Gasteiger partial charge >= 0.3 is 0 Å². The van der Waals surface area contributed by atoms with Crippen molar-refractivity contribution in [1.29, 1.82) is 0 Å².